The molecule has 3 fully saturated rings. The highest BCUT2D eigenvalue weighted by Crippen LogP contribution is 2.36. The van der Waals surface area contributed by atoms with Crippen molar-refractivity contribution in [3.05, 3.63) is 41.7 Å². The van der Waals surface area contributed by atoms with Crippen molar-refractivity contribution in [1.29, 1.82) is 0 Å². The van der Waals surface area contributed by atoms with Crippen molar-refractivity contribution in [2.45, 2.75) is 64.2 Å². The van der Waals surface area contributed by atoms with Gasteiger partial charge in [-0.25, -0.2) is 19.3 Å². The van der Waals surface area contributed by atoms with E-state index in [1.807, 2.05) is 10.6 Å². The maximum absolute atomic E-state index is 15.6. The van der Waals surface area contributed by atoms with Crippen LogP contribution in [0.2, 0.25) is 0 Å². The summed E-state index contributed by atoms with van der Waals surface area (Å²) in [5, 5.41) is 3.07. The molecule has 11 heteroatoms. The number of hydrogen-bond acceptors (Lipinski definition) is 8. The number of fused-ring (bicyclic) bond motifs is 1. The fourth-order valence-corrected chi connectivity index (χ4v) is 5.84. The van der Waals surface area contributed by atoms with Gasteiger partial charge in [0.25, 0.3) is 0 Å². The quantitative estimate of drug-likeness (QED) is 0.430. The number of hydrogen-bond donors (Lipinski definition) is 3. The topological polar surface area (TPSA) is 131 Å². The van der Waals surface area contributed by atoms with Gasteiger partial charge in [-0.05, 0) is 49.8 Å². The molecule has 5 N–H and O–H groups in total. The highest BCUT2D eigenvalue weighted by atomic mass is 19.1. The van der Waals surface area contributed by atoms with Crippen LogP contribution in [0, 0.1) is 11.2 Å². The molecule has 1 amide bonds. The highest BCUT2D eigenvalue weighted by molar-refractivity contribution is 5.88. The molecular formula is C27H36FN9O. The number of anilines is 2. The van der Waals surface area contributed by atoms with Crippen LogP contribution in [0.15, 0.2) is 24.8 Å². The van der Waals surface area contributed by atoms with Crippen LogP contribution < -0.4 is 21.7 Å². The first-order chi connectivity index (χ1) is 18.1. The van der Waals surface area contributed by atoms with Crippen molar-refractivity contribution < 1.29 is 9.18 Å². The lowest BCUT2D eigenvalue weighted by atomic mass is 9.93. The molecule has 2 aliphatic heterocycles. The Balaban J connectivity index is 1.37. The minimum atomic E-state index is -0.975. The van der Waals surface area contributed by atoms with Gasteiger partial charge in [-0.3, -0.25) is 9.69 Å². The molecule has 1 atom stereocenters. The summed E-state index contributed by atoms with van der Waals surface area (Å²) >= 11 is 0. The standard InChI is InChI=1S/C27H36FN9O/c1-26(2)7-9-35(13-26)11-18-19(12-37-16-33-22-23(29)31-15-32-24(22)37)21(6-5-20(18)28)36-10-8-27(30,14-36)25(38)34-17-3-4-17/h5-6,15-17H,3-4,7-14,30H2,1-2H3,(H,34,38)(H2,29,31,32). The number of carbonyl (C=O) groups is 1. The predicted molar refractivity (Wildman–Crippen MR) is 144 cm³/mol. The van der Waals surface area contributed by atoms with Gasteiger partial charge in [0.1, 0.15) is 23.2 Å². The SMILES string of the molecule is CC1(C)CCN(Cc2c(F)ccc(N3CCC(N)(C(=O)NC4CC4)C3)c2Cn2cnc3c(N)ncnc32)C1. The number of nitrogen functional groups attached to an aromatic ring is 1. The maximum Gasteiger partial charge on any atom is 0.242 e. The number of likely N-dealkylation sites (tertiary alicyclic amines) is 1. The molecule has 10 nitrogen and oxygen atoms in total. The van der Waals surface area contributed by atoms with Gasteiger partial charge in [-0.15, -0.1) is 0 Å². The number of halogens is 1. The zero-order valence-corrected chi connectivity index (χ0v) is 22.1. The smallest absolute Gasteiger partial charge is 0.242 e. The number of nitrogens with two attached hydrogens (primary N) is 2. The molecule has 0 bridgehead atoms. The summed E-state index contributed by atoms with van der Waals surface area (Å²) in [7, 11) is 0. The normalized spacial score (nSPS) is 23.4. The molecule has 3 aliphatic rings. The number of imidazole rings is 1. The van der Waals surface area contributed by atoms with Gasteiger partial charge in [0, 0.05) is 49.0 Å². The van der Waals surface area contributed by atoms with E-state index in [0.29, 0.717) is 55.1 Å². The van der Waals surface area contributed by atoms with E-state index in [2.05, 4.69) is 43.9 Å². The lowest BCUT2D eigenvalue weighted by Gasteiger charge is -2.28. The number of benzene rings is 1. The largest absolute Gasteiger partial charge is 0.382 e. The molecule has 2 aromatic heterocycles. The number of aromatic nitrogens is 4. The molecule has 1 unspecified atom stereocenters. The maximum atomic E-state index is 15.6. The van der Waals surface area contributed by atoms with E-state index in [-0.39, 0.29) is 23.2 Å². The monoisotopic (exact) mass is 521 g/mol. The highest BCUT2D eigenvalue weighted by Gasteiger charge is 2.43. The van der Waals surface area contributed by atoms with Crippen LogP contribution in [-0.2, 0) is 17.9 Å². The fraction of sp³-hybridized carbons (Fsp3) is 0.556. The second kappa shape index (κ2) is 9.16. The van der Waals surface area contributed by atoms with E-state index in [4.69, 9.17) is 11.5 Å². The van der Waals surface area contributed by atoms with Crippen molar-refractivity contribution in [1.82, 2.24) is 29.7 Å². The van der Waals surface area contributed by atoms with Crippen molar-refractivity contribution in [3.63, 3.8) is 0 Å². The second-order valence-corrected chi connectivity index (χ2v) is 12.0. The minimum Gasteiger partial charge on any atom is -0.382 e. The third-order valence-electron chi connectivity index (χ3n) is 8.25. The lowest BCUT2D eigenvalue weighted by molar-refractivity contribution is -0.125. The molecule has 1 saturated carbocycles. The summed E-state index contributed by atoms with van der Waals surface area (Å²) in [5.74, 6) is -0.0305. The van der Waals surface area contributed by atoms with Crippen LogP contribution in [0.25, 0.3) is 11.2 Å². The van der Waals surface area contributed by atoms with E-state index in [9.17, 15) is 4.79 Å². The van der Waals surface area contributed by atoms with Crippen molar-refractivity contribution >= 4 is 28.6 Å². The second-order valence-electron chi connectivity index (χ2n) is 12.0. The molecule has 2 saturated heterocycles. The van der Waals surface area contributed by atoms with E-state index >= 15 is 4.39 Å². The fourth-order valence-electron chi connectivity index (χ4n) is 5.84. The van der Waals surface area contributed by atoms with Crippen LogP contribution in [0.3, 0.4) is 0 Å². The molecule has 0 spiro atoms. The molecule has 1 aromatic carbocycles. The Morgan fingerprint density at radius 3 is 2.66 bits per heavy atom. The molecule has 4 heterocycles. The van der Waals surface area contributed by atoms with Crippen molar-refractivity contribution in [2.24, 2.45) is 11.1 Å². The van der Waals surface area contributed by atoms with Gasteiger partial charge in [-0.2, -0.15) is 0 Å². The number of carbonyl (C=O) groups excluding carboxylic acids is 1. The van der Waals surface area contributed by atoms with Gasteiger partial charge in [0.15, 0.2) is 11.5 Å². The Bertz CT molecular complexity index is 1380. The van der Waals surface area contributed by atoms with E-state index in [1.165, 1.54) is 6.33 Å². The van der Waals surface area contributed by atoms with Gasteiger partial charge < -0.3 is 26.3 Å². The first kappa shape index (κ1) is 25.0. The third-order valence-corrected chi connectivity index (χ3v) is 8.25. The number of amides is 1. The van der Waals surface area contributed by atoms with Crippen LogP contribution in [0.5, 0.6) is 0 Å². The van der Waals surface area contributed by atoms with Crippen LogP contribution in [0.1, 0.15) is 50.7 Å². The molecular weight excluding hydrogens is 485 g/mol. The Morgan fingerprint density at radius 2 is 1.92 bits per heavy atom. The minimum absolute atomic E-state index is 0.0986. The summed E-state index contributed by atoms with van der Waals surface area (Å²) in [4.78, 5) is 30.3. The van der Waals surface area contributed by atoms with Gasteiger partial charge >= 0.3 is 0 Å². The molecule has 202 valence electrons. The zero-order valence-electron chi connectivity index (χ0n) is 22.1. The van der Waals surface area contributed by atoms with E-state index < -0.39 is 5.54 Å². The average Bonchev–Trinajstić information content (AvgIpc) is 3.27. The van der Waals surface area contributed by atoms with Gasteiger partial charge in [0.05, 0.1) is 12.9 Å². The summed E-state index contributed by atoms with van der Waals surface area (Å²) < 4.78 is 17.5. The Morgan fingerprint density at radius 1 is 1.11 bits per heavy atom. The number of nitrogens with zero attached hydrogens (tertiary/aromatic N) is 6. The van der Waals surface area contributed by atoms with Gasteiger partial charge in [0.2, 0.25) is 5.91 Å². The molecule has 6 rings (SSSR count). The molecule has 3 aromatic rings. The van der Waals surface area contributed by atoms with E-state index in [1.54, 1.807) is 12.4 Å². The van der Waals surface area contributed by atoms with Crippen LogP contribution in [-0.4, -0.2) is 68.1 Å². The number of nitrogens with one attached hydrogen (secondary N) is 1. The first-order valence-electron chi connectivity index (χ1n) is 13.4. The van der Waals surface area contributed by atoms with Crippen LogP contribution >= 0.6 is 0 Å². The zero-order chi connectivity index (χ0) is 26.7. The summed E-state index contributed by atoms with van der Waals surface area (Å²) in [6, 6.07) is 3.61. The van der Waals surface area contributed by atoms with Crippen molar-refractivity contribution in [3.8, 4) is 0 Å². The summed E-state index contributed by atoms with van der Waals surface area (Å²) in [5.41, 5.74) is 15.4. The predicted octanol–water partition coefficient (Wildman–Crippen LogP) is 2.01. The third kappa shape index (κ3) is 4.69. The Kier molecular flexibility index (Phi) is 6.03. The summed E-state index contributed by atoms with van der Waals surface area (Å²) in [6.07, 6.45) is 6.72. The van der Waals surface area contributed by atoms with Crippen molar-refractivity contribution in [2.75, 3.05) is 36.8 Å². The lowest BCUT2D eigenvalue weighted by Crippen LogP contribution is -2.56. The Hall–Kier alpha value is -3.31. The first-order valence-corrected chi connectivity index (χ1v) is 13.4. The molecule has 38 heavy (non-hydrogen) atoms. The number of rotatable bonds is 7. The van der Waals surface area contributed by atoms with Crippen LogP contribution in [0.4, 0.5) is 15.9 Å². The average molecular weight is 522 g/mol. The molecule has 1 aliphatic carbocycles. The van der Waals surface area contributed by atoms with Gasteiger partial charge in [-0.1, -0.05) is 13.8 Å². The molecule has 0 radical (unpaired) electrons. The van der Waals surface area contributed by atoms with E-state index in [0.717, 1.165) is 43.6 Å². The summed E-state index contributed by atoms with van der Waals surface area (Å²) in [6.45, 7) is 8.18. The Labute approximate surface area is 221 Å².